The van der Waals surface area contributed by atoms with Gasteiger partial charge in [-0.2, -0.15) is 0 Å². The predicted molar refractivity (Wildman–Crippen MR) is 223 cm³/mol. The first-order valence-electron chi connectivity index (χ1n) is 19.3. The van der Waals surface area contributed by atoms with Crippen LogP contribution in [-0.4, -0.2) is 5.92 Å². The number of rotatable bonds is 11. The Labute approximate surface area is 312 Å². The number of allylic oxidation sites excluding steroid dienone is 2. The van der Waals surface area contributed by atoms with Gasteiger partial charge in [0.15, 0.2) is 0 Å². The van der Waals surface area contributed by atoms with E-state index in [1.807, 2.05) is 0 Å². The van der Waals surface area contributed by atoms with E-state index in [1.54, 1.807) is 0 Å². The van der Waals surface area contributed by atoms with Crippen LogP contribution in [0.3, 0.4) is 0 Å². The van der Waals surface area contributed by atoms with Crippen molar-refractivity contribution >= 4 is 35.1 Å². The predicted octanol–water partition coefficient (Wildman–Crippen LogP) is 14.8. The maximum absolute atomic E-state index is 8.81. The molecule has 0 saturated carbocycles. The Hall–Kier alpha value is -1.96. The number of hydrogen-bond donors (Lipinski definition) is 0. The van der Waals surface area contributed by atoms with Gasteiger partial charge >= 0.3 is 315 Å². The van der Waals surface area contributed by atoms with Crippen molar-refractivity contribution in [2.45, 2.75) is 113 Å². The average Bonchev–Trinajstić information content (AvgIpc) is 3.70. The minimum absolute atomic E-state index is 0.102. The molecule has 0 radical (unpaired) electrons. The summed E-state index contributed by atoms with van der Waals surface area (Å²) in [5, 5.41) is 0. The number of halogens is 2. The molecule has 0 bridgehead atoms. The second kappa shape index (κ2) is 14.5. The normalized spacial score (nSPS) is 17.9. The summed E-state index contributed by atoms with van der Waals surface area (Å²) in [5.41, 5.74) is 19.6. The molecule has 50 heavy (non-hydrogen) atoms. The van der Waals surface area contributed by atoms with Crippen LogP contribution in [0.4, 0.5) is 0 Å². The minimum atomic E-state index is -4.88. The molecular formula is C46H57Cl2SiZr. The second-order valence-corrected chi connectivity index (χ2v) is 58.3. The fourth-order valence-corrected chi connectivity index (χ4v) is 41.3. The topological polar surface area (TPSA) is 0 Å². The molecule has 2 unspecified atom stereocenters. The Kier molecular flexibility index (Phi) is 10.9. The van der Waals surface area contributed by atoms with Gasteiger partial charge in [-0.3, -0.25) is 0 Å². The van der Waals surface area contributed by atoms with Gasteiger partial charge in [0.05, 0.1) is 0 Å². The monoisotopic (exact) mass is 797 g/mol. The van der Waals surface area contributed by atoms with E-state index in [9.17, 15) is 0 Å². The van der Waals surface area contributed by atoms with Crippen LogP contribution in [0.2, 0.25) is 13.1 Å². The van der Waals surface area contributed by atoms with Gasteiger partial charge in [0.2, 0.25) is 0 Å². The quantitative estimate of drug-likeness (QED) is 0.133. The van der Waals surface area contributed by atoms with Crippen molar-refractivity contribution in [3.8, 4) is 22.3 Å². The third-order valence-electron chi connectivity index (χ3n) is 12.2. The van der Waals surface area contributed by atoms with Crippen molar-refractivity contribution in [3.05, 3.63) is 128 Å². The van der Waals surface area contributed by atoms with Crippen molar-refractivity contribution < 1.29 is 15.6 Å². The molecule has 0 amide bonds. The van der Waals surface area contributed by atoms with Crippen molar-refractivity contribution in [2.75, 3.05) is 0 Å². The molecule has 0 nitrogen and oxygen atoms in total. The van der Waals surface area contributed by atoms with Gasteiger partial charge in [0.25, 0.3) is 0 Å². The third kappa shape index (κ3) is 5.88. The summed E-state index contributed by atoms with van der Waals surface area (Å²) in [5.74, 6) is -0.790. The van der Waals surface area contributed by atoms with Gasteiger partial charge < -0.3 is 0 Å². The Morgan fingerprint density at radius 2 is 0.940 bits per heavy atom. The number of fused-ring (bicyclic) bond motifs is 2. The number of benzene rings is 4. The van der Waals surface area contributed by atoms with E-state index >= 15 is 0 Å². The summed E-state index contributed by atoms with van der Waals surface area (Å²) < 4.78 is 0.205. The van der Waals surface area contributed by atoms with Crippen molar-refractivity contribution in [1.82, 2.24) is 0 Å². The third-order valence-corrected chi connectivity index (χ3v) is 64.1. The Bertz CT molecular complexity index is 1860. The fraction of sp³-hybridized carbons (Fsp3) is 0.391. The Morgan fingerprint density at radius 3 is 1.26 bits per heavy atom. The molecule has 2 aliphatic rings. The molecule has 0 aromatic heterocycles. The first-order valence-corrected chi connectivity index (χ1v) is 35.6. The number of hydrogen-bond acceptors (Lipinski definition) is 0. The van der Waals surface area contributed by atoms with E-state index in [2.05, 4.69) is 153 Å². The van der Waals surface area contributed by atoms with Gasteiger partial charge in [0.1, 0.15) is 0 Å². The maximum atomic E-state index is 8.81. The molecule has 0 spiro atoms. The summed E-state index contributed by atoms with van der Waals surface area (Å²) in [4.78, 5) is 0. The zero-order valence-electron chi connectivity index (χ0n) is 32.1. The zero-order chi connectivity index (χ0) is 36.1. The molecule has 6 rings (SSSR count). The number of aryl methyl sites for hydroxylation is 2. The van der Waals surface area contributed by atoms with Crippen molar-refractivity contribution in [2.24, 2.45) is 0 Å². The molecule has 263 valence electrons. The van der Waals surface area contributed by atoms with Crippen LogP contribution >= 0.6 is 17.0 Å². The van der Waals surface area contributed by atoms with E-state index in [1.165, 1.54) is 77.9 Å². The average molecular weight is 800 g/mol. The van der Waals surface area contributed by atoms with Crippen molar-refractivity contribution in [1.29, 1.82) is 0 Å². The van der Waals surface area contributed by atoms with E-state index in [0.717, 1.165) is 25.7 Å². The molecule has 4 heteroatoms. The zero-order valence-corrected chi connectivity index (χ0v) is 37.2. The molecule has 0 heterocycles. The molecule has 2 atom stereocenters. The summed E-state index contributed by atoms with van der Waals surface area (Å²) in [6.07, 6.45) is 8.98. The molecule has 0 saturated heterocycles. The standard InChI is InChI=1S/2C22H25.C2H7Si.2ClH.Zr/c2*1-5-16-13-18-12-11-17(6-2)22(21(18)14-16)20-10-8-7-9-19(20)15(3)4;1-3-2;;;/h2*7-15H,5-6H2,1-4H3;3H,1-2H3;2*1H;/q;;;;;+2/p-2. The van der Waals surface area contributed by atoms with E-state index < -0.39 is 21.5 Å². The van der Waals surface area contributed by atoms with Crippen LogP contribution in [0, 0.1) is 0 Å². The van der Waals surface area contributed by atoms with Gasteiger partial charge in [-0.1, -0.05) is 0 Å². The molecule has 0 fully saturated rings. The van der Waals surface area contributed by atoms with Crippen LogP contribution in [0.5, 0.6) is 0 Å². The SMILES string of the molecule is CCC1=Cc2c(ccc(CC)c2-c2ccccc2C(C)C)[CH]1[Zr]([Cl])([Cl])([CH]1C(CC)=Cc2c1ccc(CC)c2-c1ccccc1C(C)C)[SiH](C)C. The summed E-state index contributed by atoms with van der Waals surface area (Å²) >= 11 is -4.88. The molecule has 0 N–H and O–H groups in total. The molecule has 2 aliphatic carbocycles. The van der Waals surface area contributed by atoms with E-state index in [4.69, 9.17) is 17.0 Å². The van der Waals surface area contributed by atoms with Crippen LogP contribution in [-0.2, 0) is 28.4 Å². The Balaban J connectivity index is 1.65. The van der Waals surface area contributed by atoms with E-state index in [0.29, 0.717) is 11.8 Å². The van der Waals surface area contributed by atoms with E-state index in [-0.39, 0.29) is 7.25 Å². The molecular weight excluding hydrogens is 743 g/mol. The first-order chi connectivity index (χ1) is 23.8. The summed E-state index contributed by atoms with van der Waals surface area (Å²) in [6.45, 7) is 23.5. The fourth-order valence-electron chi connectivity index (χ4n) is 9.54. The van der Waals surface area contributed by atoms with Crippen LogP contribution < -0.4 is 0 Å². The Morgan fingerprint density at radius 1 is 0.560 bits per heavy atom. The van der Waals surface area contributed by atoms with Crippen LogP contribution in [0.15, 0.2) is 83.9 Å². The molecule has 4 aromatic carbocycles. The van der Waals surface area contributed by atoms with Gasteiger partial charge in [-0.15, -0.1) is 0 Å². The van der Waals surface area contributed by atoms with Crippen LogP contribution in [0.25, 0.3) is 34.4 Å². The van der Waals surface area contributed by atoms with Gasteiger partial charge in [-0.05, 0) is 0 Å². The first kappa shape index (κ1) is 37.8. The van der Waals surface area contributed by atoms with Crippen molar-refractivity contribution in [3.63, 3.8) is 0 Å². The molecule has 4 aromatic rings. The molecule has 0 aliphatic heterocycles. The van der Waals surface area contributed by atoms with Gasteiger partial charge in [0, 0.05) is 0 Å². The van der Waals surface area contributed by atoms with Gasteiger partial charge in [-0.25, -0.2) is 0 Å². The summed E-state index contributed by atoms with van der Waals surface area (Å²) in [7, 11) is 17.6. The summed E-state index contributed by atoms with van der Waals surface area (Å²) in [6, 6.07) is 27.8. The second-order valence-electron chi connectivity index (χ2n) is 15.8. The van der Waals surface area contributed by atoms with Crippen LogP contribution in [0.1, 0.15) is 132 Å².